The van der Waals surface area contributed by atoms with Crippen LogP contribution in [0.15, 0.2) is 24.3 Å². The largest absolute Gasteiger partial charge is 0.395 e. The van der Waals surface area contributed by atoms with Crippen molar-refractivity contribution >= 4 is 35.0 Å². The van der Waals surface area contributed by atoms with Gasteiger partial charge >= 0.3 is 0 Å². The zero-order valence-electron chi connectivity index (χ0n) is 7.11. The van der Waals surface area contributed by atoms with Gasteiger partial charge in [0.05, 0.1) is 6.61 Å². The van der Waals surface area contributed by atoms with Crippen LogP contribution in [0.25, 0.3) is 0 Å². The van der Waals surface area contributed by atoms with E-state index in [0.717, 1.165) is 6.42 Å². The van der Waals surface area contributed by atoms with Crippen molar-refractivity contribution in [3.05, 3.63) is 33.4 Å². The third-order valence-corrected chi connectivity index (χ3v) is 2.36. The first-order chi connectivity index (χ1) is 5.72. The molecule has 0 heterocycles. The van der Waals surface area contributed by atoms with Gasteiger partial charge < -0.3 is 10.8 Å². The van der Waals surface area contributed by atoms with Gasteiger partial charge in [-0.1, -0.05) is 12.1 Å². The summed E-state index contributed by atoms with van der Waals surface area (Å²) in [6.07, 6.45) is 0.743. The lowest BCUT2D eigenvalue weighted by molar-refractivity contribution is 0.265. The lowest BCUT2D eigenvalue weighted by Gasteiger charge is -2.07. The first-order valence-corrected chi connectivity index (χ1v) is 4.91. The maximum Gasteiger partial charge on any atom is 0.0585 e. The van der Waals surface area contributed by atoms with E-state index in [1.807, 2.05) is 24.3 Å². The molecular weight excluding hydrogens is 300 g/mol. The van der Waals surface area contributed by atoms with Gasteiger partial charge in [0.1, 0.15) is 0 Å². The summed E-state index contributed by atoms with van der Waals surface area (Å²) in [5.41, 5.74) is 6.77. The second kappa shape index (κ2) is 6.59. The Morgan fingerprint density at radius 1 is 1.31 bits per heavy atom. The van der Waals surface area contributed by atoms with E-state index in [1.54, 1.807) is 0 Å². The molecule has 13 heavy (non-hydrogen) atoms. The summed E-state index contributed by atoms with van der Waals surface area (Å²) in [6.45, 7) is 0.0476. The van der Waals surface area contributed by atoms with E-state index in [0.29, 0.717) is 0 Å². The Kier molecular flexibility index (Phi) is 6.67. The molecule has 1 rings (SSSR count). The van der Waals surface area contributed by atoms with Gasteiger partial charge in [0.15, 0.2) is 0 Å². The number of rotatable bonds is 3. The number of benzene rings is 1. The van der Waals surface area contributed by atoms with Gasteiger partial charge in [-0.3, -0.25) is 0 Å². The third kappa shape index (κ3) is 4.81. The van der Waals surface area contributed by atoms with Crippen molar-refractivity contribution in [2.24, 2.45) is 5.73 Å². The molecule has 0 fully saturated rings. The molecule has 0 aromatic heterocycles. The van der Waals surface area contributed by atoms with E-state index in [-0.39, 0.29) is 25.1 Å². The first kappa shape index (κ1) is 13.2. The Hall–Kier alpha value is 0.160. The van der Waals surface area contributed by atoms with Crippen LogP contribution in [0.1, 0.15) is 5.56 Å². The van der Waals surface area contributed by atoms with Crippen molar-refractivity contribution in [3.8, 4) is 0 Å². The normalized spacial score (nSPS) is 11.9. The maximum atomic E-state index is 8.72. The highest BCUT2D eigenvalue weighted by Gasteiger charge is 2.01. The molecule has 3 N–H and O–H groups in total. The van der Waals surface area contributed by atoms with Crippen LogP contribution in [0.3, 0.4) is 0 Å². The first-order valence-electron chi connectivity index (χ1n) is 3.83. The summed E-state index contributed by atoms with van der Waals surface area (Å²) in [7, 11) is 0. The number of hydrogen-bond donors (Lipinski definition) is 2. The fourth-order valence-corrected chi connectivity index (χ4v) is 1.35. The Balaban J connectivity index is 0.00000144. The van der Waals surface area contributed by atoms with Gasteiger partial charge in [-0.25, -0.2) is 0 Å². The Bertz CT molecular complexity index is 240. The number of hydrogen-bond acceptors (Lipinski definition) is 2. The van der Waals surface area contributed by atoms with Crippen molar-refractivity contribution in [1.82, 2.24) is 0 Å². The van der Waals surface area contributed by atoms with Crippen LogP contribution in [0.5, 0.6) is 0 Å². The summed E-state index contributed by atoms with van der Waals surface area (Å²) < 4.78 is 1.22. The Labute approximate surface area is 98.1 Å². The SMILES string of the molecule is Cl.NC(CO)Cc1ccc(I)cc1. The van der Waals surface area contributed by atoms with Gasteiger partial charge in [0, 0.05) is 9.61 Å². The van der Waals surface area contributed by atoms with Crippen LogP contribution in [-0.4, -0.2) is 17.8 Å². The zero-order valence-corrected chi connectivity index (χ0v) is 10.1. The molecule has 0 amide bonds. The van der Waals surface area contributed by atoms with E-state index in [4.69, 9.17) is 10.8 Å². The van der Waals surface area contributed by atoms with Gasteiger partial charge in [-0.2, -0.15) is 0 Å². The molecule has 4 heteroatoms. The van der Waals surface area contributed by atoms with Gasteiger partial charge in [-0.15, -0.1) is 12.4 Å². The van der Waals surface area contributed by atoms with Crippen molar-refractivity contribution in [2.45, 2.75) is 12.5 Å². The molecule has 1 aromatic rings. The predicted octanol–water partition coefficient (Wildman–Crippen LogP) is 1.58. The molecule has 0 spiro atoms. The zero-order chi connectivity index (χ0) is 8.97. The average Bonchev–Trinajstić information content (AvgIpc) is 2.09. The average molecular weight is 314 g/mol. The summed E-state index contributed by atoms with van der Waals surface area (Å²) >= 11 is 2.26. The minimum absolute atomic E-state index is 0. The molecule has 0 saturated carbocycles. The van der Waals surface area contributed by atoms with Crippen LogP contribution in [0.4, 0.5) is 0 Å². The van der Waals surface area contributed by atoms with E-state index in [9.17, 15) is 0 Å². The summed E-state index contributed by atoms with van der Waals surface area (Å²) in [5, 5.41) is 8.72. The molecule has 2 nitrogen and oxygen atoms in total. The fraction of sp³-hybridized carbons (Fsp3) is 0.333. The monoisotopic (exact) mass is 313 g/mol. The van der Waals surface area contributed by atoms with Crippen molar-refractivity contribution < 1.29 is 5.11 Å². The van der Waals surface area contributed by atoms with Gasteiger partial charge in [-0.05, 0) is 46.7 Å². The van der Waals surface area contributed by atoms with Crippen LogP contribution < -0.4 is 5.73 Å². The van der Waals surface area contributed by atoms with Gasteiger partial charge in [0.25, 0.3) is 0 Å². The lowest BCUT2D eigenvalue weighted by Crippen LogP contribution is -2.26. The van der Waals surface area contributed by atoms with Crippen molar-refractivity contribution in [1.29, 1.82) is 0 Å². The molecule has 0 aliphatic heterocycles. The van der Waals surface area contributed by atoms with Crippen LogP contribution in [0, 0.1) is 3.57 Å². The fourth-order valence-electron chi connectivity index (χ4n) is 0.988. The summed E-state index contributed by atoms with van der Waals surface area (Å²) in [4.78, 5) is 0. The number of aliphatic hydroxyl groups excluding tert-OH is 1. The molecule has 0 radical (unpaired) electrons. The van der Waals surface area contributed by atoms with Crippen LogP contribution in [-0.2, 0) is 6.42 Å². The highest BCUT2D eigenvalue weighted by Crippen LogP contribution is 2.07. The molecule has 0 saturated heterocycles. The molecule has 1 atom stereocenters. The van der Waals surface area contributed by atoms with Crippen molar-refractivity contribution in [2.75, 3.05) is 6.61 Å². The van der Waals surface area contributed by atoms with E-state index >= 15 is 0 Å². The smallest absolute Gasteiger partial charge is 0.0585 e. The van der Waals surface area contributed by atoms with E-state index in [2.05, 4.69) is 22.6 Å². The number of halogens is 2. The Morgan fingerprint density at radius 2 is 1.85 bits per heavy atom. The summed E-state index contributed by atoms with van der Waals surface area (Å²) in [6, 6.07) is 8.03. The highest BCUT2D eigenvalue weighted by atomic mass is 127. The van der Waals surface area contributed by atoms with Crippen LogP contribution >= 0.6 is 35.0 Å². The Morgan fingerprint density at radius 3 is 2.31 bits per heavy atom. The molecule has 0 aliphatic rings. The molecular formula is C9H13ClINO. The molecule has 0 bridgehead atoms. The van der Waals surface area contributed by atoms with Gasteiger partial charge in [0.2, 0.25) is 0 Å². The quantitative estimate of drug-likeness (QED) is 0.832. The molecule has 1 aromatic carbocycles. The van der Waals surface area contributed by atoms with Crippen LogP contribution in [0.2, 0.25) is 0 Å². The minimum atomic E-state index is -0.134. The highest BCUT2D eigenvalue weighted by molar-refractivity contribution is 14.1. The maximum absolute atomic E-state index is 8.72. The third-order valence-electron chi connectivity index (χ3n) is 1.65. The molecule has 74 valence electrons. The van der Waals surface area contributed by atoms with E-state index in [1.165, 1.54) is 9.13 Å². The lowest BCUT2D eigenvalue weighted by atomic mass is 10.1. The number of nitrogens with two attached hydrogens (primary N) is 1. The number of aliphatic hydroxyl groups is 1. The standard InChI is InChI=1S/C9H12INO.ClH/c10-8-3-1-7(2-4-8)5-9(11)6-12;/h1-4,9,12H,5-6,11H2;1H. The predicted molar refractivity (Wildman–Crippen MR) is 65.2 cm³/mol. The molecule has 1 unspecified atom stereocenters. The molecule has 0 aliphatic carbocycles. The topological polar surface area (TPSA) is 46.2 Å². The van der Waals surface area contributed by atoms with E-state index < -0.39 is 0 Å². The summed E-state index contributed by atoms with van der Waals surface area (Å²) in [5.74, 6) is 0. The van der Waals surface area contributed by atoms with Crippen molar-refractivity contribution in [3.63, 3.8) is 0 Å². The minimum Gasteiger partial charge on any atom is -0.395 e. The second-order valence-corrected chi connectivity index (χ2v) is 4.02. The second-order valence-electron chi connectivity index (χ2n) is 2.77.